The molecule has 7 nitrogen and oxygen atoms in total. The highest BCUT2D eigenvalue weighted by Crippen LogP contribution is 2.28. The van der Waals surface area contributed by atoms with Crippen LogP contribution in [-0.2, 0) is 4.79 Å². The van der Waals surface area contributed by atoms with Crippen LogP contribution in [-0.4, -0.2) is 54.2 Å². The molecular formula is C20H23N3O4. The van der Waals surface area contributed by atoms with E-state index in [0.29, 0.717) is 30.6 Å². The summed E-state index contributed by atoms with van der Waals surface area (Å²) in [6.07, 6.45) is 8.28. The Balaban J connectivity index is 1.61. The van der Waals surface area contributed by atoms with Crippen LogP contribution in [0.4, 0.5) is 0 Å². The van der Waals surface area contributed by atoms with Crippen molar-refractivity contribution in [3.8, 4) is 17.5 Å². The number of carbonyl (C=O) groups excluding carboxylic acids is 1. The average molecular weight is 369 g/mol. The number of benzene rings is 1. The van der Waals surface area contributed by atoms with E-state index in [0.717, 1.165) is 18.4 Å². The number of amides is 1. The van der Waals surface area contributed by atoms with Gasteiger partial charge in [0.25, 0.3) is 0 Å². The highest BCUT2D eigenvalue weighted by atomic mass is 16.5. The Hall–Kier alpha value is -3.09. The van der Waals surface area contributed by atoms with Gasteiger partial charge in [-0.05, 0) is 42.7 Å². The van der Waals surface area contributed by atoms with Crippen LogP contribution in [0.2, 0.25) is 0 Å². The first-order valence-electron chi connectivity index (χ1n) is 8.82. The number of nitrogens with zero attached hydrogens (tertiary/aromatic N) is 3. The van der Waals surface area contributed by atoms with E-state index in [1.54, 1.807) is 49.7 Å². The number of likely N-dealkylation sites (tertiary alicyclic amines) is 1. The highest BCUT2D eigenvalue weighted by molar-refractivity contribution is 5.92. The van der Waals surface area contributed by atoms with Crippen molar-refractivity contribution in [3.05, 3.63) is 48.3 Å². The van der Waals surface area contributed by atoms with Crippen molar-refractivity contribution >= 4 is 12.0 Å². The minimum absolute atomic E-state index is 0.0490. The molecule has 0 N–H and O–H groups in total. The van der Waals surface area contributed by atoms with E-state index in [1.165, 1.54) is 0 Å². The quantitative estimate of drug-likeness (QED) is 0.729. The van der Waals surface area contributed by atoms with Crippen LogP contribution in [0.25, 0.3) is 6.08 Å². The SMILES string of the molecule is COc1ccc(/C=C/C(=O)N2CCCC(Oc3ncccn3)C2)cc1OC. The van der Waals surface area contributed by atoms with Crippen molar-refractivity contribution in [1.82, 2.24) is 14.9 Å². The first-order chi connectivity index (χ1) is 13.2. The molecule has 1 aliphatic rings. The van der Waals surface area contributed by atoms with Crippen molar-refractivity contribution < 1.29 is 19.0 Å². The number of piperidine rings is 1. The van der Waals surface area contributed by atoms with Gasteiger partial charge in [0.2, 0.25) is 5.91 Å². The lowest BCUT2D eigenvalue weighted by atomic mass is 10.1. The summed E-state index contributed by atoms with van der Waals surface area (Å²) in [7, 11) is 3.17. The van der Waals surface area contributed by atoms with Crippen molar-refractivity contribution in [3.63, 3.8) is 0 Å². The number of methoxy groups -OCH3 is 2. The zero-order valence-electron chi connectivity index (χ0n) is 15.5. The van der Waals surface area contributed by atoms with Crippen LogP contribution in [0.3, 0.4) is 0 Å². The summed E-state index contributed by atoms with van der Waals surface area (Å²) in [5, 5.41) is 0. The molecule has 1 aromatic carbocycles. The topological polar surface area (TPSA) is 73.8 Å². The lowest BCUT2D eigenvalue weighted by molar-refractivity contribution is -0.128. The third-order valence-electron chi connectivity index (χ3n) is 4.33. The predicted molar refractivity (Wildman–Crippen MR) is 101 cm³/mol. The van der Waals surface area contributed by atoms with E-state index in [2.05, 4.69) is 9.97 Å². The maximum atomic E-state index is 12.5. The van der Waals surface area contributed by atoms with Crippen LogP contribution >= 0.6 is 0 Å². The van der Waals surface area contributed by atoms with Gasteiger partial charge < -0.3 is 19.1 Å². The Kier molecular flexibility index (Phi) is 6.25. The third-order valence-corrected chi connectivity index (χ3v) is 4.33. The molecule has 142 valence electrons. The average Bonchev–Trinajstić information content (AvgIpc) is 2.72. The number of hydrogen-bond donors (Lipinski definition) is 0. The molecule has 0 bridgehead atoms. The van der Waals surface area contributed by atoms with Gasteiger partial charge in [-0.15, -0.1) is 0 Å². The van der Waals surface area contributed by atoms with Crippen LogP contribution in [0.5, 0.6) is 17.5 Å². The van der Waals surface area contributed by atoms with Gasteiger partial charge in [-0.3, -0.25) is 4.79 Å². The van der Waals surface area contributed by atoms with Gasteiger partial charge in [-0.2, -0.15) is 0 Å². The standard InChI is InChI=1S/C20H23N3O4/c1-25-17-8-6-15(13-18(17)26-2)7-9-19(24)23-12-3-5-16(14-23)27-20-21-10-4-11-22-20/h4,6-11,13,16H,3,5,12,14H2,1-2H3/b9-7+. The molecule has 0 aliphatic carbocycles. The summed E-state index contributed by atoms with van der Waals surface area (Å²) < 4.78 is 16.3. The second-order valence-electron chi connectivity index (χ2n) is 6.15. The Morgan fingerprint density at radius 1 is 1.19 bits per heavy atom. The molecule has 2 heterocycles. The first kappa shape index (κ1) is 18.7. The van der Waals surface area contributed by atoms with Crippen LogP contribution in [0.1, 0.15) is 18.4 Å². The summed E-state index contributed by atoms with van der Waals surface area (Å²) in [4.78, 5) is 22.5. The molecule has 2 aromatic rings. The van der Waals surface area contributed by atoms with Crippen molar-refractivity contribution in [2.45, 2.75) is 18.9 Å². The van der Waals surface area contributed by atoms with E-state index in [1.807, 2.05) is 18.2 Å². The molecule has 0 saturated carbocycles. The fourth-order valence-corrected chi connectivity index (χ4v) is 2.96. The number of aromatic nitrogens is 2. The highest BCUT2D eigenvalue weighted by Gasteiger charge is 2.24. The van der Waals surface area contributed by atoms with E-state index < -0.39 is 0 Å². The molecular weight excluding hydrogens is 346 g/mol. The van der Waals surface area contributed by atoms with Crippen molar-refractivity contribution in [2.75, 3.05) is 27.3 Å². The van der Waals surface area contributed by atoms with Crippen molar-refractivity contribution in [2.24, 2.45) is 0 Å². The third kappa shape index (κ3) is 4.97. The summed E-state index contributed by atoms with van der Waals surface area (Å²) in [6, 6.07) is 7.60. The van der Waals surface area contributed by atoms with Gasteiger partial charge >= 0.3 is 6.01 Å². The zero-order chi connectivity index (χ0) is 19.1. The lowest BCUT2D eigenvalue weighted by Gasteiger charge is -2.31. The lowest BCUT2D eigenvalue weighted by Crippen LogP contribution is -2.43. The summed E-state index contributed by atoms with van der Waals surface area (Å²) in [6.45, 7) is 1.23. The van der Waals surface area contributed by atoms with Gasteiger partial charge in [-0.1, -0.05) is 6.07 Å². The monoisotopic (exact) mass is 369 g/mol. The molecule has 3 rings (SSSR count). The van der Waals surface area contributed by atoms with E-state index in [-0.39, 0.29) is 12.0 Å². The van der Waals surface area contributed by atoms with Gasteiger partial charge in [-0.25, -0.2) is 9.97 Å². The molecule has 0 spiro atoms. The number of hydrogen-bond acceptors (Lipinski definition) is 6. The fourth-order valence-electron chi connectivity index (χ4n) is 2.96. The van der Waals surface area contributed by atoms with E-state index >= 15 is 0 Å². The molecule has 1 unspecified atom stereocenters. The van der Waals surface area contributed by atoms with Gasteiger partial charge in [0.05, 0.1) is 20.8 Å². The minimum atomic E-state index is -0.0976. The zero-order valence-corrected chi connectivity index (χ0v) is 15.5. The molecule has 1 aromatic heterocycles. The van der Waals surface area contributed by atoms with Gasteiger partial charge in [0.15, 0.2) is 11.5 Å². The Labute approximate surface area is 158 Å². The molecule has 1 aliphatic heterocycles. The number of ether oxygens (including phenoxy) is 3. The van der Waals surface area contributed by atoms with Crippen LogP contribution in [0.15, 0.2) is 42.7 Å². The second-order valence-corrected chi connectivity index (χ2v) is 6.15. The number of rotatable bonds is 6. The second kappa shape index (κ2) is 9.02. The van der Waals surface area contributed by atoms with Gasteiger partial charge in [0, 0.05) is 25.0 Å². The Morgan fingerprint density at radius 3 is 2.70 bits per heavy atom. The normalized spacial score (nSPS) is 17.0. The summed E-state index contributed by atoms with van der Waals surface area (Å²) in [5.74, 6) is 1.23. The molecule has 1 amide bonds. The fraction of sp³-hybridized carbons (Fsp3) is 0.350. The Bertz CT molecular complexity index is 795. The molecule has 27 heavy (non-hydrogen) atoms. The predicted octanol–water partition coefficient (Wildman–Crippen LogP) is 2.58. The number of carbonyl (C=O) groups is 1. The van der Waals surface area contributed by atoms with Crippen LogP contribution < -0.4 is 14.2 Å². The molecule has 7 heteroatoms. The first-order valence-corrected chi connectivity index (χ1v) is 8.82. The molecule has 1 atom stereocenters. The smallest absolute Gasteiger partial charge is 0.316 e. The maximum absolute atomic E-state index is 12.5. The van der Waals surface area contributed by atoms with Crippen molar-refractivity contribution in [1.29, 1.82) is 0 Å². The van der Waals surface area contributed by atoms with E-state index in [9.17, 15) is 4.79 Å². The Morgan fingerprint density at radius 2 is 1.96 bits per heavy atom. The molecule has 1 saturated heterocycles. The van der Waals surface area contributed by atoms with Crippen LogP contribution in [0, 0.1) is 0 Å². The minimum Gasteiger partial charge on any atom is -0.493 e. The van der Waals surface area contributed by atoms with E-state index in [4.69, 9.17) is 14.2 Å². The molecule has 1 fully saturated rings. The maximum Gasteiger partial charge on any atom is 0.316 e. The van der Waals surface area contributed by atoms with Gasteiger partial charge in [0.1, 0.15) is 6.10 Å². The summed E-state index contributed by atoms with van der Waals surface area (Å²) in [5.41, 5.74) is 0.864. The molecule has 0 radical (unpaired) electrons. The largest absolute Gasteiger partial charge is 0.493 e. The summed E-state index contributed by atoms with van der Waals surface area (Å²) >= 11 is 0.